The Labute approximate surface area is 125 Å². The van der Waals surface area contributed by atoms with E-state index in [1.807, 2.05) is 0 Å². The fourth-order valence-corrected chi connectivity index (χ4v) is 1.80. The third kappa shape index (κ3) is 3.67. The van der Waals surface area contributed by atoms with Crippen LogP contribution in [-0.4, -0.2) is 32.3 Å². The molecule has 1 aromatic heterocycles. The van der Waals surface area contributed by atoms with Crippen molar-refractivity contribution >= 4 is 17.5 Å². The van der Waals surface area contributed by atoms with Gasteiger partial charge in [-0.2, -0.15) is 5.10 Å². The minimum atomic E-state index is -1.79. The summed E-state index contributed by atoms with van der Waals surface area (Å²) >= 11 is 0. The number of nitrogens with two attached hydrogens (primary N) is 1. The van der Waals surface area contributed by atoms with Crippen molar-refractivity contribution in [3.05, 3.63) is 48.0 Å². The number of nitrogens with one attached hydrogen (secondary N) is 1. The number of primary amides is 1. The average Bonchev–Trinajstić information content (AvgIpc) is 2.83. The Morgan fingerprint density at radius 3 is 2.55 bits per heavy atom. The molecule has 2 amide bonds. The molecular formula is C14H15FN4O3. The van der Waals surface area contributed by atoms with Gasteiger partial charge in [-0.25, -0.2) is 4.39 Å². The summed E-state index contributed by atoms with van der Waals surface area (Å²) in [4.78, 5) is 23.0. The number of halogens is 1. The van der Waals surface area contributed by atoms with Crippen LogP contribution in [0.5, 0.6) is 0 Å². The minimum Gasteiger partial charge on any atom is -0.378 e. The maximum atomic E-state index is 12.9. The molecule has 116 valence electrons. The summed E-state index contributed by atoms with van der Waals surface area (Å²) < 4.78 is 14.0. The fraction of sp³-hybridized carbons (Fsp3) is 0.214. The highest BCUT2D eigenvalue weighted by Crippen LogP contribution is 2.14. The van der Waals surface area contributed by atoms with Crippen molar-refractivity contribution in [3.8, 4) is 0 Å². The Hall–Kier alpha value is -2.74. The lowest BCUT2D eigenvalue weighted by Gasteiger charge is -2.22. The molecule has 0 aliphatic rings. The van der Waals surface area contributed by atoms with Crippen LogP contribution >= 0.6 is 0 Å². The molecule has 0 fully saturated rings. The van der Waals surface area contributed by atoms with E-state index in [1.165, 1.54) is 31.2 Å². The first-order valence-corrected chi connectivity index (χ1v) is 6.39. The van der Waals surface area contributed by atoms with Gasteiger partial charge in [-0.15, -0.1) is 0 Å². The number of hydrogen-bond donors (Lipinski definition) is 3. The minimum absolute atomic E-state index is 0.206. The van der Waals surface area contributed by atoms with E-state index in [4.69, 9.17) is 5.73 Å². The van der Waals surface area contributed by atoms with Gasteiger partial charge in [0.15, 0.2) is 11.4 Å². The Morgan fingerprint density at radius 2 is 2.05 bits per heavy atom. The quantitative estimate of drug-likeness (QED) is 0.747. The summed E-state index contributed by atoms with van der Waals surface area (Å²) in [5.74, 6) is -1.82. The predicted octanol–water partition coefficient (Wildman–Crippen LogP) is 0.511. The number of carbonyl (C=O) groups excluding carboxylic acids is 2. The van der Waals surface area contributed by atoms with Gasteiger partial charge in [0.2, 0.25) is 5.91 Å². The molecule has 0 aliphatic carbocycles. The first kappa shape index (κ1) is 15.6. The van der Waals surface area contributed by atoms with Gasteiger partial charge >= 0.3 is 0 Å². The molecule has 8 heteroatoms. The van der Waals surface area contributed by atoms with Crippen LogP contribution in [0.2, 0.25) is 0 Å². The molecule has 1 atom stereocenters. The van der Waals surface area contributed by atoms with E-state index in [0.29, 0.717) is 11.3 Å². The molecule has 22 heavy (non-hydrogen) atoms. The second kappa shape index (κ2) is 5.94. The van der Waals surface area contributed by atoms with Crippen molar-refractivity contribution in [2.45, 2.75) is 19.1 Å². The molecule has 0 saturated carbocycles. The Morgan fingerprint density at radius 1 is 1.41 bits per heavy atom. The van der Waals surface area contributed by atoms with Crippen LogP contribution in [0.25, 0.3) is 0 Å². The van der Waals surface area contributed by atoms with Crippen LogP contribution in [0.1, 0.15) is 17.3 Å². The highest BCUT2D eigenvalue weighted by atomic mass is 19.1. The summed E-state index contributed by atoms with van der Waals surface area (Å²) in [6.07, 6.45) is 2.06. The molecule has 0 aliphatic heterocycles. The number of benzene rings is 1. The molecule has 0 bridgehead atoms. The van der Waals surface area contributed by atoms with Crippen LogP contribution < -0.4 is 11.1 Å². The second-order valence-electron chi connectivity index (χ2n) is 5.03. The smallest absolute Gasteiger partial charge is 0.257 e. The van der Waals surface area contributed by atoms with Crippen molar-refractivity contribution in [2.24, 2.45) is 5.73 Å². The zero-order valence-corrected chi connectivity index (χ0v) is 11.8. The number of aromatic nitrogens is 2. The molecule has 2 aromatic rings. The van der Waals surface area contributed by atoms with Gasteiger partial charge in [0.05, 0.1) is 18.9 Å². The SMILES string of the molecule is C[C@](O)(Cn1cc(F)cn1)C(=O)Nc1ccc(C(N)=O)cc1. The topological polar surface area (TPSA) is 110 Å². The summed E-state index contributed by atoms with van der Waals surface area (Å²) in [6, 6.07) is 5.88. The third-order valence-corrected chi connectivity index (χ3v) is 2.99. The van der Waals surface area contributed by atoms with E-state index in [0.717, 1.165) is 17.1 Å². The van der Waals surface area contributed by atoms with Gasteiger partial charge in [0.25, 0.3) is 5.91 Å². The van der Waals surface area contributed by atoms with Gasteiger partial charge in [0.1, 0.15) is 0 Å². The average molecular weight is 306 g/mol. The van der Waals surface area contributed by atoms with Crippen molar-refractivity contribution in [1.82, 2.24) is 9.78 Å². The van der Waals surface area contributed by atoms with Crippen LogP contribution in [0, 0.1) is 5.82 Å². The Balaban J connectivity index is 2.05. The second-order valence-corrected chi connectivity index (χ2v) is 5.03. The lowest BCUT2D eigenvalue weighted by Crippen LogP contribution is -2.43. The molecule has 0 spiro atoms. The fourth-order valence-electron chi connectivity index (χ4n) is 1.80. The van der Waals surface area contributed by atoms with Gasteiger partial charge in [0, 0.05) is 11.3 Å². The van der Waals surface area contributed by atoms with Crippen LogP contribution in [0.4, 0.5) is 10.1 Å². The summed E-state index contributed by atoms with van der Waals surface area (Å²) in [5.41, 5.74) is 4.02. The van der Waals surface area contributed by atoms with E-state index in [9.17, 15) is 19.1 Å². The van der Waals surface area contributed by atoms with E-state index >= 15 is 0 Å². The van der Waals surface area contributed by atoms with Crippen molar-refractivity contribution < 1.29 is 19.1 Å². The maximum absolute atomic E-state index is 12.9. The standard InChI is InChI=1S/C14H15FN4O3/c1-14(22,8-19-7-10(15)6-17-19)13(21)18-11-4-2-9(3-5-11)12(16)20/h2-7,22H,8H2,1H3,(H2,16,20)(H,18,21)/t14-/m0/s1. The normalized spacial score (nSPS) is 13.4. The first-order valence-electron chi connectivity index (χ1n) is 6.39. The van der Waals surface area contributed by atoms with Gasteiger partial charge in [-0.05, 0) is 31.2 Å². The molecule has 1 heterocycles. The van der Waals surface area contributed by atoms with Crippen molar-refractivity contribution in [1.29, 1.82) is 0 Å². The monoisotopic (exact) mass is 306 g/mol. The van der Waals surface area contributed by atoms with E-state index in [1.54, 1.807) is 0 Å². The number of amides is 2. The highest BCUT2D eigenvalue weighted by Gasteiger charge is 2.31. The highest BCUT2D eigenvalue weighted by molar-refractivity contribution is 5.97. The van der Waals surface area contributed by atoms with E-state index < -0.39 is 23.2 Å². The number of rotatable bonds is 5. The number of carbonyl (C=O) groups is 2. The Kier molecular flexibility index (Phi) is 4.22. The summed E-state index contributed by atoms with van der Waals surface area (Å²) in [7, 11) is 0. The first-order chi connectivity index (χ1) is 10.3. The Bertz CT molecular complexity index is 694. The zero-order valence-electron chi connectivity index (χ0n) is 11.8. The maximum Gasteiger partial charge on any atom is 0.257 e. The molecule has 7 nitrogen and oxygen atoms in total. The summed E-state index contributed by atoms with van der Waals surface area (Å²) in [6.45, 7) is 1.09. The number of nitrogens with zero attached hydrogens (tertiary/aromatic N) is 2. The molecule has 1 aromatic carbocycles. The molecule has 2 rings (SSSR count). The molecule has 0 unspecified atom stereocenters. The molecule has 4 N–H and O–H groups in total. The number of hydrogen-bond acceptors (Lipinski definition) is 4. The van der Waals surface area contributed by atoms with E-state index in [2.05, 4.69) is 10.4 Å². The van der Waals surface area contributed by atoms with Crippen LogP contribution in [-0.2, 0) is 11.3 Å². The zero-order chi connectivity index (χ0) is 16.3. The largest absolute Gasteiger partial charge is 0.378 e. The van der Waals surface area contributed by atoms with Crippen LogP contribution in [0.3, 0.4) is 0 Å². The lowest BCUT2D eigenvalue weighted by molar-refractivity contribution is -0.133. The number of aliphatic hydroxyl groups is 1. The van der Waals surface area contributed by atoms with Gasteiger partial charge in [-0.3, -0.25) is 14.3 Å². The van der Waals surface area contributed by atoms with E-state index in [-0.39, 0.29) is 6.54 Å². The molecule has 0 saturated heterocycles. The lowest BCUT2D eigenvalue weighted by atomic mass is 10.1. The summed E-state index contributed by atoms with van der Waals surface area (Å²) in [5, 5.41) is 16.4. The molecular weight excluding hydrogens is 291 g/mol. The predicted molar refractivity (Wildman–Crippen MR) is 76.4 cm³/mol. The van der Waals surface area contributed by atoms with Crippen molar-refractivity contribution in [2.75, 3.05) is 5.32 Å². The van der Waals surface area contributed by atoms with Crippen molar-refractivity contribution in [3.63, 3.8) is 0 Å². The van der Waals surface area contributed by atoms with Gasteiger partial charge < -0.3 is 16.2 Å². The molecule has 0 radical (unpaired) electrons. The number of anilines is 1. The third-order valence-electron chi connectivity index (χ3n) is 2.99. The van der Waals surface area contributed by atoms with Gasteiger partial charge in [-0.1, -0.05) is 0 Å². The van der Waals surface area contributed by atoms with Crippen LogP contribution in [0.15, 0.2) is 36.7 Å².